The van der Waals surface area contributed by atoms with Gasteiger partial charge in [-0.25, -0.2) is 4.98 Å². The van der Waals surface area contributed by atoms with E-state index in [1.807, 2.05) is 18.0 Å². The molecule has 6 heteroatoms. The molecule has 1 N–H and O–H groups in total. The van der Waals surface area contributed by atoms with Crippen LogP contribution >= 0.6 is 23.5 Å². The molecule has 1 aliphatic rings. The standard InChI is InChI=1S/C13H20N2O2S2/c1-9(2)11-6-14-13(19-8-12(16)17)15(11)7-10-4-3-5-18-10/h6,9-10H,3-5,7-8H2,1-2H3,(H,16,17). The summed E-state index contributed by atoms with van der Waals surface area (Å²) in [5, 5.41) is 10.3. The molecule has 0 spiro atoms. The van der Waals surface area contributed by atoms with E-state index < -0.39 is 5.97 Å². The summed E-state index contributed by atoms with van der Waals surface area (Å²) in [5.74, 6) is 0.944. The van der Waals surface area contributed by atoms with Crippen LogP contribution in [0, 0.1) is 0 Å². The summed E-state index contributed by atoms with van der Waals surface area (Å²) < 4.78 is 2.22. The summed E-state index contributed by atoms with van der Waals surface area (Å²) in [7, 11) is 0. The molecule has 2 rings (SSSR count). The number of nitrogens with zero attached hydrogens (tertiary/aromatic N) is 2. The van der Waals surface area contributed by atoms with Gasteiger partial charge in [-0.1, -0.05) is 25.6 Å². The van der Waals surface area contributed by atoms with Crippen molar-refractivity contribution in [1.82, 2.24) is 9.55 Å². The minimum absolute atomic E-state index is 0.0758. The number of aromatic nitrogens is 2. The van der Waals surface area contributed by atoms with Crippen LogP contribution in [0.2, 0.25) is 0 Å². The first-order valence-corrected chi connectivity index (χ1v) is 8.63. The summed E-state index contributed by atoms with van der Waals surface area (Å²) in [6, 6.07) is 0. The van der Waals surface area contributed by atoms with Crippen molar-refractivity contribution in [3.05, 3.63) is 11.9 Å². The lowest BCUT2D eigenvalue weighted by Gasteiger charge is -2.17. The van der Waals surface area contributed by atoms with Gasteiger partial charge < -0.3 is 9.67 Å². The molecule has 1 saturated heterocycles. The second-order valence-electron chi connectivity index (χ2n) is 5.05. The van der Waals surface area contributed by atoms with E-state index in [4.69, 9.17) is 5.11 Å². The minimum Gasteiger partial charge on any atom is -0.481 e. The highest BCUT2D eigenvalue weighted by Crippen LogP contribution is 2.31. The lowest BCUT2D eigenvalue weighted by molar-refractivity contribution is -0.133. The van der Waals surface area contributed by atoms with Crippen molar-refractivity contribution in [1.29, 1.82) is 0 Å². The average Bonchev–Trinajstić information content (AvgIpc) is 2.96. The predicted octanol–water partition coefficient (Wildman–Crippen LogP) is 3.08. The molecule has 1 aliphatic heterocycles. The Labute approximate surface area is 122 Å². The highest BCUT2D eigenvalue weighted by molar-refractivity contribution is 8.00. The molecule has 0 amide bonds. The first-order valence-electron chi connectivity index (χ1n) is 6.59. The summed E-state index contributed by atoms with van der Waals surface area (Å²) in [5.41, 5.74) is 1.21. The highest BCUT2D eigenvalue weighted by Gasteiger charge is 2.21. The second-order valence-corrected chi connectivity index (χ2v) is 7.40. The molecule has 0 aromatic carbocycles. The van der Waals surface area contributed by atoms with Crippen molar-refractivity contribution in [2.45, 2.75) is 49.6 Å². The number of carboxylic acid groups (broad SMARTS) is 1. The van der Waals surface area contributed by atoms with Crippen molar-refractivity contribution < 1.29 is 9.90 Å². The quantitative estimate of drug-likeness (QED) is 0.818. The van der Waals surface area contributed by atoms with E-state index in [1.165, 1.54) is 36.1 Å². The third-order valence-electron chi connectivity index (χ3n) is 3.18. The molecule has 1 atom stereocenters. The Balaban J connectivity index is 2.14. The number of carbonyl (C=O) groups is 1. The van der Waals surface area contributed by atoms with E-state index in [0.717, 1.165) is 11.7 Å². The molecule has 0 saturated carbocycles. The number of hydrogen-bond acceptors (Lipinski definition) is 4. The molecule has 1 unspecified atom stereocenters. The first kappa shape index (κ1) is 14.8. The number of aliphatic carboxylic acids is 1. The first-order chi connectivity index (χ1) is 9.08. The van der Waals surface area contributed by atoms with Crippen molar-refractivity contribution in [3.63, 3.8) is 0 Å². The maximum absolute atomic E-state index is 10.7. The van der Waals surface area contributed by atoms with E-state index in [2.05, 4.69) is 23.4 Å². The van der Waals surface area contributed by atoms with E-state index in [-0.39, 0.29) is 5.75 Å². The molecular weight excluding hydrogens is 280 g/mol. The van der Waals surface area contributed by atoms with E-state index in [1.54, 1.807) is 0 Å². The zero-order valence-corrected chi connectivity index (χ0v) is 13.0. The number of rotatable bonds is 6. The summed E-state index contributed by atoms with van der Waals surface area (Å²) in [4.78, 5) is 15.1. The fraction of sp³-hybridized carbons (Fsp3) is 0.692. The predicted molar refractivity (Wildman–Crippen MR) is 80.2 cm³/mol. The zero-order chi connectivity index (χ0) is 13.8. The van der Waals surface area contributed by atoms with Gasteiger partial charge in [-0.05, 0) is 24.5 Å². The summed E-state index contributed by atoms with van der Waals surface area (Å²) in [6.07, 6.45) is 4.44. The molecule has 1 aromatic heterocycles. The molecule has 0 radical (unpaired) electrons. The number of carboxylic acids is 1. The smallest absolute Gasteiger partial charge is 0.313 e. The molecule has 4 nitrogen and oxygen atoms in total. The van der Waals surface area contributed by atoms with Crippen LogP contribution in [-0.2, 0) is 11.3 Å². The lowest BCUT2D eigenvalue weighted by Crippen LogP contribution is -2.14. The fourth-order valence-electron chi connectivity index (χ4n) is 2.25. The van der Waals surface area contributed by atoms with E-state index in [0.29, 0.717) is 11.2 Å². The van der Waals surface area contributed by atoms with Crippen molar-refractivity contribution in [2.24, 2.45) is 0 Å². The van der Waals surface area contributed by atoms with Gasteiger partial charge in [-0.15, -0.1) is 0 Å². The fourth-order valence-corrected chi connectivity index (χ4v) is 4.22. The number of imidazole rings is 1. The Morgan fingerprint density at radius 1 is 1.68 bits per heavy atom. The van der Waals surface area contributed by atoms with Gasteiger partial charge in [-0.3, -0.25) is 4.79 Å². The van der Waals surface area contributed by atoms with Gasteiger partial charge >= 0.3 is 5.97 Å². The van der Waals surface area contributed by atoms with Gasteiger partial charge in [0.1, 0.15) is 0 Å². The SMILES string of the molecule is CC(C)c1cnc(SCC(=O)O)n1CC1CCCS1. The molecule has 19 heavy (non-hydrogen) atoms. The van der Waals surface area contributed by atoms with Crippen LogP contribution in [0.1, 0.15) is 38.3 Å². The van der Waals surface area contributed by atoms with Gasteiger partial charge in [0.25, 0.3) is 0 Å². The third-order valence-corrected chi connectivity index (χ3v) is 5.53. The van der Waals surface area contributed by atoms with Gasteiger partial charge in [-0.2, -0.15) is 11.8 Å². The Morgan fingerprint density at radius 2 is 2.47 bits per heavy atom. The van der Waals surface area contributed by atoms with Crippen LogP contribution in [0.15, 0.2) is 11.4 Å². The van der Waals surface area contributed by atoms with Crippen LogP contribution in [0.5, 0.6) is 0 Å². The van der Waals surface area contributed by atoms with Crippen molar-refractivity contribution in [3.8, 4) is 0 Å². The average molecular weight is 300 g/mol. The van der Waals surface area contributed by atoms with E-state index in [9.17, 15) is 4.79 Å². The summed E-state index contributed by atoms with van der Waals surface area (Å²) >= 11 is 3.34. The van der Waals surface area contributed by atoms with Crippen molar-refractivity contribution in [2.75, 3.05) is 11.5 Å². The third kappa shape index (κ3) is 3.92. The molecule has 0 aliphatic carbocycles. The van der Waals surface area contributed by atoms with Gasteiger partial charge in [0.2, 0.25) is 0 Å². The number of thioether (sulfide) groups is 2. The topological polar surface area (TPSA) is 55.1 Å². The van der Waals surface area contributed by atoms with Crippen LogP contribution in [0.25, 0.3) is 0 Å². The molecular formula is C13H20N2O2S2. The second kappa shape index (κ2) is 6.70. The maximum atomic E-state index is 10.7. The largest absolute Gasteiger partial charge is 0.481 e. The number of hydrogen-bond donors (Lipinski definition) is 1. The van der Waals surface area contributed by atoms with Crippen LogP contribution in [0.3, 0.4) is 0 Å². The van der Waals surface area contributed by atoms with Gasteiger partial charge in [0, 0.05) is 23.7 Å². The highest BCUT2D eigenvalue weighted by atomic mass is 32.2. The van der Waals surface area contributed by atoms with E-state index >= 15 is 0 Å². The Kier molecular flexibility index (Phi) is 5.21. The van der Waals surface area contributed by atoms with Gasteiger partial charge in [0.05, 0.1) is 5.75 Å². The summed E-state index contributed by atoms with van der Waals surface area (Å²) in [6.45, 7) is 5.27. The molecule has 0 bridgehead atoms. The maximum Gasteiger partial charge on any atom is 0.313 e. The van der Waals surface area contributed by atoms with Crippen molar-refractivity contribution >= 4 is 29.5 Å². The zero-order valence-electron chi connectivity index (χ0n) is 11.3. The van der Waals surface area contributed by atoms with Crippen LogP contribution < -0.4 is 0 Å². The normalized spacial score (nSPS) is 19.2. The Hall–Kier alpha value is -0.620. The van der Waals surface area contributed by atoms with Crippen LogP contribution in [0.4, 0.5) is 0 Å². The molecule has 2 heterocycles. The molecule has 106 valence electrons. The minimum atomic E-state index is -0.791. The molecule has 1 fully saturated rings. The Morgan fingerprint density at radius 3 is 3.05 bits per heavy atom. The lowest BCUT2D eigenvalue weighted by atomic mass is 10.1. The Bertz CT molecular complexity index is 440. The van der Waals surface area contributed by atoms with Gasteiger partial charge in [0.15, 0.2) is 5.16 Å². The molecule has 1 aromatic rings. The van der Waals surface area contributed by atoms with Crippen LogP contribution in [-0.4, -0.2) is 37.4 Å². The monoisotopic (exact) mass is 300 g/mol.